The standard InChI is InChI=1S/C20H21F2N3O5S/c21-19(22)30-15-5-3-13(4-6-15)7-8-23-16(26)11-29-18(28)10-14-12-31-20(24-14)25-9-1-2-17(25)27/h3-6,12,19H,1-2,7-11H2,(H,23,26). The maximum absolute atomic E-state index is 12.1. The van der Waals surface area contributed by atoms with Crippen LogP contribution in [0.4, 0.5) is 13.9 Å². The van der Waals surface area contributed by atoms with Crippen molar-refractivity contribution < 1.29 is 32.6 Å². The molecule has 2 amide bonds. The van der Waals surface area contributed by atoms with Gasteiger partial charge in [0, 0.05) is 24.9 Å². The van der Waals surface area contributed by atoms with Gasteiger partial charge in [-0.05, 0) is 30.5 Å². The molecular weight excluding hydrogens is 432 g/mol. The molecule has 0 aliphatic carbocycles. The van der Waals surface area contributed by atoms with Crippen molar-refractivity contribution in [2.75, 3.05) is 24.6 Å². The van der Waals surface area contributed by atoms with Crippen molar-refractivity contribution in [1.82, 2.24) is 10.3 Å². The smallest absolute Gasteiger partial charge is 0.387 e. The lowest BCUT2D eigenvalue weighted by Gasteiger charge is -2.10. The van der Waals surface area contributed by atoms with E-state index in [2.05, 4.69) is 15.0 Å². The van der Waals surface area contributed by atoms with E-state index >= 15 is 0 Å². The van der Waals surface area contributed by atoms with E-state index in [4.69, 9.17) is 4.74 Å². The van der Waals surface area contributed by atoms with E-state index in [1.165, 1.54) is 23.5 Å². The quantitative estimate of drug-likeness (QED) is 0.555. The van der Waals surface area contributed by atoms with Gasteiger partial charge >= 0.3 is 12.6 Å². The van der Waals surface area contributed by atoms with Gasteiger partial charge in [-0.3, -0.25) is 19.3 Å². The molecule has 3 rings (SSSR count). The Morgan fingerprint density at radius 1 is 1.26 bits per heavy atom. The summed E-state index contributed by atoms with van der Waals surface area (Å²) in [6.45, 7) is -2.36. The molecule has 2 aromatic rings. The summed E-state index contributed by atoms with van der Waals surface area (Å²) in [7, 11) is 0. The van der Waals surface area contributed by atoms with Crippen LogP contribution in [0.5, 0.6) is 5.75 Å². The molecule has 1 aromatic heterocycles. The molecule has 11 heteroatoms. The van der Waals surface area contributed by atoms with Crippen LogP contribution in [0.15, 0.2) is 29.6 Å². The highest BCUT2D eigenvalue weighted by Crippen LogP contribution is 2.25. The molecule has 8 nitrogen and oxygen atoms in total. The number of rotatable bonds is 10. The fourth-order valence-electron chi connectivity index (χ4n) is 2.93. The highest BCUT2D eigenvalue weighted by atomic mass is 32.1. The number of thiazole rings is 1. The number of nitrogens with zero attached hydrogens (tertiary/aromatic N) is 2. The first-order valence-electron chi connectivity index (χ1n) is 9.61. The highest BCUT2D eigenvalue weighted by molar-refractivity contribution is 7.14. The van der Waals surface area contributed by atoms with Gasteiger partial charge in [-0.25, -0.2) is 4.98 Å². The van der Waals surface area contributed by atoms with Gasteiger partial charge in [0.05, 0.1) is 12.1 Å². The van der Waals surface area contributed by atoms with E-state index in [9.17, 15) is 23.2 Å². The summed E-state index contributed by atoms with van der Waals surface area (Å²) in [5, 5.41) is 4.88. The number of aromatic nitrogens is 1. The fourth-order valence-corrected chi connectivity index (χ4v) is 3.80. The molecule has 31 heavy (non-hydrogen) atoms. The molecule has 1 saturated heterocycles. The zero-order chi connectivity index (χ0) is 22.2. The van der Waals surface area contributed by atoms with Crippen LogP contribution in [0.2, 0.25) is 0 Å². The molecule has 0 bridgehead atoms. The van der Waals surface area contributed by atoms with Crippen LogP contribution in [0, 0.1) is 0 Å². The van der Waals surface area contributed by atoms with Gasteiger partial charge in [0.1, 0.15) is 5.75 Å². The number of ether oxygens (including phenoxy) is 2. The first-order chi connectivity index (χ1) is 14.9. The number of benzene rings is 1. The molecule has 0 atom stereocenters. The molecule has 1 aromatic carbocycles. The number of nitrogens with one attached hydrogen (secondary N) is 1. The Balaban J connectivity index is 1.33. The summed E-state index contributed by atoms with van der Waals surface area (Å²) in [5.41, 5.74) is 1.32. The molecule has 0 radical (unpaired) electrons. The maximum atomic E-state index is 12.1. The zero-order valence-electron chi connectivity index (χ0n) is 16.5. The molecule has 1 N–H and O–H groups in total. The van der Waals surface area contributed by atoms with E-state index < -0.39 is 25.1 Å². The van der Waals surface area contributed by atoms with Gasteiger partial charge in [0.25, 0.3) is 5.91 Å². The summed E-state index contributed by atoms with van der Waals surface area (Å²) in [5.74, 6) is -0.950. The average molecular weight is 453 g/mol. The number of hydrogen-bond acceptors (Lipinski definition) is 7. The van der Waals surface area contributed by atoms with Crippen LogP contribution >= 0.6 is 11.3 Å². The van der Waals surface area contributed by atoms with E-state index in [1.807, 2.05) is 0 Å². The first-order valence-corrected chi connectivity index (χ1v) is 10.5. The summed E-state index contributed by atoms with van der Waals surface area (Å²) in [6, 6.07) is 6.10. The van der Waals surface area contributed by atoms with Crippen LogP contribution in [0.25, 0.3) is 0 Å². The number of amides is 2. The van der Waals surface area contributed by atoms with Crippen molar-refractivity contribution >= 4 is 34.3 Å². The second-order valence-electron chi connectivity index (χ2n) is 6.73. The Hall–Kier alpha value is -3.08. The van der Waals surface area contributed by atoms with Crippen LogP contribution < -0.4 is 15.0 Å². The number of carbonyl (C=O) groups is 3. The minimum absolute atomic E-state index is 0.0255. The van der Waals surface area contributed by atoms with Gasteiger partial charge in [-0.1, -0.05) is 12.1 Å². The summed E-state index contributed by atoms with van der Waals surface area (Å²) < 4.78 is 33.5. The third-order valence-electron chi connectivity index (χ3n) is 4.42. The normalized spacial score (nSPS) is 13.5. The zero-order valence-corrected chi connectivity index (χ0v) is 17.3. The van der Waals surface area contributed by atoms with Crippen LogP contribution in [0.3, 0.4) is 0 Å². The highest BCUT2D eigenvalue weighted by Gasteiger charge is 2.24. The average Bonchev–Trinajstić information content (AvgIpc) is 3.36. The Bertz CT molecular complexity index is 920. The van der Waals surface area contributed by atoms with E-state index in [1.54, 1.807) is 22.4 Å². The predicted octanol–water partition coefficient (Wildman–Crippen LogP) is 2.32. The van der Waals surface area contributed by atoms with Gasteiger partial charge in [0.2, 0.25) is 5.91 Å². The molecular formula is C20H21F2N3O5S. The number of esters is 1. The molecule has 166 valence electrons. The number of anilines is 1. The topological polar surface area (TPSA) is 97.8 Å². The molecule has 2 heterocycles. The molecule has 1 fully saturated rings. The van der Waals surface area contributed by atoms with Crippen LogP contribution in [-0.2, 0) is 32.0 Å². The largest absolute Gasteiger partial charge is 0.455 e. The van der Waals surface area contributed by atoms with Crippen LogP contribution in [0.1, 0.15) is 24.1 Å². The van der Waals surface area contributed by atoms with Crippen molar-refractivity contribution in [3.63, 3.8) is 0 Å². The van der Waals surface area contributed by atoms with Crippen LogP contribution in [-0.4, -0.2) is 49.1 Å². The van der Waals surface area contributed by atoms with Gasteiger partial charge in [0.15, 0.2) is 11.7 Å². The lowest BCUT2D eigenvalue weighted by atomic mass is 10.1. The number of carbonyl (C=O) groups excluding carboxylic acids is 3. The molecule has 0 saturated carbocycles. The van der Waals surface area contributed by atoms with Crippen molar-refractivity contribution in [2.24, 2.45) is 0 Å². The van der Waals surface area contributed by atoms with Crippen molar-refractivity contribution in [3.05, 3.63) is 40.9 Å². The fraction of sp³-hybridized carbons (Fsp3) is 0.400. The predicted molar refractivity (Wildman–Crippen MR) is 108 cm³/mol. The Labute approximate surface area is 181 Å². The second kappa shape index (κ2) is 10.8. The SMILES string of the molecule is O=C(COC(=O)Cc1csc(N2CCCC2=O)n1)NCCc1ccc(OC(F)F)cc1. The Morgan fingerprint density at radius 2 is 2.03 bits per heavy atom. The Morgan fingerprint density at radius 3 is 2.71 bits per heavy atom. The summed E-state index contributed by atoms with van der Waals surface area (Å²) in [4.78, 5) is 41.4. The molecule has 0 unspecified atom stereocenters. The van der Waals surface area contributed by atoms with Gasteiger partial charge < -0.3 is 14.8 Å². The number of halogens is 2. The minimum Gasteiger partial charge on any atom is -0.455 e. The maximum Gasteiger partial charge on any atom is 0.387 e. The minimum atomic E-state index is -2.88. The summed E-state index contributed by atoms with van der Waals surface area (Å²) >= 11 is 1.29. The lowest BCUT2D eigenvalue weighted by Crippen LogP contribution is -2.30. The van der Waals surface area contributed by atoms with Crippen molar-refractivity contribution in [2.45, 2.75) is 32.3 Å². The molecule has 1 aliphatic rings. The summed E-state index contributed by atoms with van der Waals surface area (Å²) in [6.07, 6.45) is 1.69. The third-order valence-corrected chi connectivity index (χ3v) is 5.33. The van der Waals surface area contributed by atoms with Gasteiger partial charge in [-0.2, -0.15) is 8.78 Å². The first kappa shape index (κ1) is 22.6. The third kappa shape index (κ3) is 6.99. The second-order valence-corrected chi connectivity index (χ2v) is 7.57. The molecule has 1 aliphatic heterocycles. The van der Waals surface area contributed by atoms with E-state index in [0.717, 1.165) is 12.0 Å². The number of hydrogen-bond donors (Lipinski definition) is 1. The van der Waals surface area contributed by atoms with E-state index in [0.29, 0.717) is 36.8 Å². The monoisotopic (exact) mass is 453 g/mol. The van der Waals surface area contributed by atoms with Crippen molar-refractivity contribution in [1.29, 1.82) is 0 Å². The van der Waals surface area contributed by atoms with E-state index in [-0.39, 0.29) is 18.1 Å². The number of alkyl halides is 2. The van der Waals surface area contributed by atoms with Gasteiger partial charge in [-0.15, -0.1) is 11.3 Å². The lowest BCUT2D eigenvalue weighted by molar-refractivity contribution is -0.147. The van der Waals surface area contributed by atoms with Crippen molar-refractivity contribution in [3.8, 4) is 5.75 Å². The Kier molecular flexibility index (Phi) is 7.88. The molecule has 0 spiro atoms.